The van der Waals surface area contributed by atoms with Crippen LogP contribution in [0.5, 0.6) is 0 Å². The Labute approximate surface area is 118 Å². The summed E-state index contributed by atoms with van der Waals surface area (Å²) >= 11 is 0. The number of nitrogens with one attached hydrogen (secondary N) is 1. The van der Waals surface area contributed by atoms with Crippen molar-refractivity contribution in [3.05, 3.63) is 24.2 Å². The number of nitrogens with zero attached hydrogens (tertiary/aromatic N) is 4. The van der Waals surface area contributed by atoms with E-state index in [0.29, 0.717) is 5.95 Å². The van der Waals surface area contributed by atoms with E-state index in [9.17, 15) is 0 Å². The zero-order valence-corrected chi connectivity index (χ0v) is 11.8. The highest BCUT2D eigenvalue weighted by atomic mass is 16.5. The van der Waals surface area contributed by atoms with E-state index in [1.54, 1.807) is 10.9 Å². The second kappa shape index (κ2) is 5.58. The van der Waals surface area contributed by atoms with Gasteiger partial charge in [-0.05, 0) is 25.8 Å². The Bertz CT molecular complexity index is 589. The summed E-state index contributed by atoms with van der Waals surface area (Å²) in [6, 6.07) is 1.90. The predicted octanol–water partition coefficient (Wildman–Crippen LogP) is 1.78. The lowest BCUT2D eigenvalue weighted by Gasteiger charge is -2.10. The van der Waals surface area contributed by atoms with Gasteiger partial charge in [-0.15, -0.1) is 0 Å². The highest BCUT2D eigenvalue weighted by Gasteiger charge is 2.15. The molecule has 0 amide bonds. The first kappa shape index (κ1) is 13.1. The van der Waals surface area contributed by atoms with Crippen LogP contribution in [-0.2, 0) is 11.8 Å². The predicted molar refractivity (Wildman–Crippen MR) is 76.4 cm³/mol. The Morgan fingerprint density at radius 3 is 3.10 bits per heavy atom. The lowest BCUT2D eigenvalue weighted by molar-refractivity contribution is 0.120. The van der Waals surface area contributed by atoms with Crippen molar-refractivity contribution in [2.24, 2.45) is 7.05 Å². The smallest absolute Gasteiger partial charge is 0.223 e. The van der Waals surface area contributed by atoms with Crippen LogP contribution >= 0.6 is 0 Å². The molecule has 0 aromatic carbocycles. The topological polar surface area (TPSA) is 64.9 Å². The van der Waals surface area contributed by atoms with E-state index in [0.717, 1.165) is 42.9 Å². The van der Waals surface area contributed by atoms with Gasteiger partial charge in [0.05, 0.1) is 17.5 Å². The highest BCUT2D eigenvalue weighted by Crippen LogP contribution is 2.20. The second-order valence-corrected chi connectivity index (χ2v) is 5.08. The van der Waals surface area contributed by atoms with Gasteiger partial charge in [-0.2, -0.15) is 5.10 Å². The molecule has 106 valence electrons. The molecule has 1 saturated heterocycles. The van der Waals surface area contributed by atoms with Crippen molar-refractivity contribution in [2.45, 2.75) is 25.9 Å². The molecule has 6 heteroatoms. The number of hydrogen-bond acceptors (Lipinski definition) is 5. The van der Waals surface area contributed by atoms with Gasteiger partial charge in [-0.25, -0.2) is 9.97 Å². The molecule has 1 aliphatic heterocycles. The molecule has 1 atom stereocenters. The van der Waals surface area contributed by atoms with Gasteiger partial charge in [0.2, 0.25) is 5.95 Å². The molecule has 2 aromatic heterocycles. The molecular formula is C14H19N5O. The maximum Gasteiger partial charge on any atom is 0.223 e. The third kappa shape index (κ3) is 2.80. The minimum Gasteiger partial charge on any atom is -0.376 e. The summed E-state index contributed by atoms with van der Waals surface area (Å²) in [5, 5.41) is 7.59. The van der Waals surface area contributed by atoms with Crippen LogP contribution < -0.4 is 5.32 Å². The summed E-state index contributed by atoms with van der Waals surface area (Å²) in [6.45, 7) is 3.61. The molecule has 2 aromatic rings. The SMILES string of the molecule is Cc1nn(C)cc1-c1ccnc(NC[C@@H]2CCCO2)n1. The molecule has 1 fully saturated rings. The van der Waals surface area contributed by atoms with Crippen LogP contribution in [0, 0.1) is 6.92 Å². The fourth-order valence-corrected chi connectivity index (χ4v) is 2.46. The number of ether oxygens (including phenoxy) is 1. The minimum atomic E-state index is 0.280. The van der Waals surface area contributed by atoms with Crippen LogP contribution in [-0.4, -0.2) is 39.0 Å². The van der Waals surface area contributed by atoms with Crippen LogP contribution in [0.4, 0.5) is 5.95 Å². The Morgan fingerprint density at radius 1 is 1.50 bits per heavy atom. The number of rotatable bonds is 4. The van der Waals surface area contributed by atoms with E-state index in [-0.39, 0.29) is 6.10 Å². The Balaban J connectivity index is 1.73. The number of aryl methyl sites for hydroxylation is 2. The van der Waals surface area contributed by atoms with Gasteiger partial charge in [0, 0.05) is 38.2 Å². The van der Waals surface area contributed by atoms with Crippen molar-refractivity contribution in [1.29, 1.82) is 0 Å². The van der Waals surface area contributed by atoms with Crippen molar-refractivity contribution in [1.82, 2.24) is 19.7 Å². The molecule has 6 nitrogen and oxygen atoms in total. The van der Waals surface area contributed by atoms with Gasteiger partial charge in [0.15, 0.2) is 0 Å². The summed E-state index contributed by atoms with van der Waals surface area (Å²) in [6.07, 6.45) is 6.27. The molecule has 0 radical (unpaired) electrons. The van der Waals surface area contributed by atoms with Gasteiger partial charge in [-0.3, -0.25) is 4.68 Å². The van der Waals surface area contributed by atoms with Gasteiger partial charge in [0.1, 0.15) is 0 Å². The van der Waals surface area contributed by atoms with Gasteiger partial charge in [-0.1, -0.05) is 0 Å². The second-order valence-electron chi connectivity index (χ2n) is 5.08. The summed E-state index contributed by atoms with van der Waals surface area (Å²) < 4.78 is 7.38. The first-order chi connectivity index (χ1) is 9.72. The van der Waals surface area contributed by atoms with Crippen LogP contribution in [0.15, 0.2) is 18.5 Å². The first-order valence-corrected chi connectivity index (χ1v) is 6.91. The van der Waals surface area contributed by atoms with Crippen LogP contribution in [0.2, 0.25) is 0 Å². The van der Waals surface area contributed by atoms with Crippen molar-refractivity contribution in [2.75, 3.05) is 18.5 Å². The van der Waals surface area contributed by atoms with Crippen LogP contribution in [0.1, 0.15) is 18.5 Å². The Morgan fingerprint density at radius 2 is 2.40 bits per heavy atom. The van der Waals surface area contributed by atoms with Gasteiger partial charge < -0.3 is 10.1 Å². The third-order valence-corrected chi connectivity index (χ3v) is 3.46. The molecule has 3 heterocycles. The van der Waals surface area contributed by atoms with Crippen molar-refractivity contribution in [3.63, 3.8) is 0 Å². The van der Waals surface area contributed by atoms with Crippen molar-refractivity contribution >= 4 is 5.95 Å². The Hall–Kier alpha value is -1.95. The largest absolute Gasteiger partial charge is 0.376 e. The first-order valence-electron chi connectivity index (χ1n) is 6.91. The van der Waals surface area contributed by atoms with Crippen LogP contribution in [0.3, 0.4) is 0 Å². The molecule has 1 N–H and O–H groups in total. The monoisotopic (exact) mass is 273 g/mol. The lowest BCUT2D eigenvalue weighted by atomic mass is 10.2. The molecule has 0 spiro atoms. The molecule has 3 rings (SSSR count). The minimum absolute atomic E-state index is 0.280. The quantitative estimate of drug-likeness (QED) is 0.919. The molecule has 0 saturated carbocycles. The van der Waals surface area contributed by atoms with Crippen molar-refractivity contribution < 1.29 is 4.74 Å². The highest BCUT2D eigenvalue weighted by molar-refractivity contribution is 5.61. The van der Waals surface area contributed by atoms with E-state index in [1.807, 2.05) is 26.2 Å². The third-order valence-electron chi connectivity index (χ3n) is 3.46. The number of aromatic nitrogens is 4. The average Bonchev–Trinajstić information content (AvgIpc) is 3.06. The number of anilines is 1. The van der Waals surface area contributed by atoms with Gasteiger partial charge in [0.25, 0.3) is 0 Å². The van der Waals surface area contributed by atoms with E-state index >= 15 is 0 Å². The average molecular weight is 273 g/mol. The fraction of sp³-hybridized carbons (Fsp3) is 0.500. The maximum atomic E-state index is 5.58. The molecule has 0 unspecified atom stereocenters. The molecule has 1 aliphatic rings. The maximum absolute atomic E-state index is 5.58. The van der Waals surface area contributed by atoms with E-state index in [1.165, 1.54) is 0 Å². The van der Waals surface area contributed by atoms with E-state index in [4.69, 9.17) is 4.74 Å². The van der Waals surface area contributed by atoms with Crippen molar-refractivity contribution in [3.8, 4) is 11.3 Å². The van der Waals surface area contributed by atoms with E-state index in [2.05, 4.69) is 20.4 Å². The summed E-state index contributed by atoms with van der Waals surface area (Å²) in [5.74, 6) is 0.640. The summed E-state index contributed by atoms with van der Waals surface area (Å²) in [7, 11) is 1.91. The Kier molecular flexibility index (Phi) is 3.64. The normalized spacial score (nSPS) is 18.4. The standard InChI is InChI=1S/C14H19N5O/c1-10-12(9-19(2)18-10)13-5-6-15-14(17-13)16-8-11-4-3-7-20-11/h5-6,9,11H,3-4,7-8H2,1-2H3,(H,15,16,17)/t11-/m0/s1. The molecule has 20 heavy (non-hydrogen) atoms. The van der Waals surface area contributed by atoms with Gasteiger partial charge >= 0.3 is 0 Å². The number of hydrogen-bond donors (Lipinski definition) is 1. The molecule has 0 bridgehead atoms. The lowest BCUT2D eigenvalue weighted by Crippen LogP contribution is -2.19. The van der Waals surface area contributed by atoms with E-state index < -0.39 is 0 Å². The zero-order valence-electron chi connectivity index (χ0n) is 11.8. The molecular weight excluding hydrogens is 254 g/mol. The zero-order chi connectivity index (χ0) is 13.9. The van der Waals surface area contributed by atoms with Crippen LogP contribution in [0.25, 0.3) is 11.3 Å². The molecule has 0 aliphatic carbocycles. The summed E-state index contributed by atoms with van der Waals surface area (Å²) in [4.78, 5) is 8.80. The summed E-state index contributed by atoms with van der Waals surface area (Å²) in [5.41, 5.74) is 2.90. The fourth-order valence-electron chi connectivity index (χ4n) is 2.46.